The van der Waals surface area contributed by atoms with Crippen molar-refractivity contribution in [3.05, 3.63) is 30.7 Å². The Kier molecular flexibility index (Phi) is 0.646. The van der Waals surface area contributed by atoms with Gasteiger partial charge in [-0.1, -0.05) is 0 Å². The van der Waals surface area contributed by atoms with Crippen LogP contribution in [0.5, 0.6) is 0 Å². The summed E-state index contributed by atoms with van der Waals surface area (Å²) in [5.41, 5.74) is 0.972. The molecule has 0 aromatic carbocycles. The summed E-state index contributed by atoms with van der Waals surface area (Å²) in [6.07, 6.45) is 3.83. The molecule has 2 aromatic rings. The van der Waals surface area contributed by atoms with E-state index in [-0.39, 0.29) is 0 Å². The van der Waals surface area contributed by atoms with Crippen molar-refractivity contribution >= 4 is 10.9 Å². The summed E-state index contributed by atoms with van der Waals surface area (Å²) in [4.78, 5) is 6.83. The zero-order valence-electron chi connectivity index (χ0n) is 5.76. The van der Waals surface area contributed by atoms with Crippen LogP contribution in [0.15, 0.2) is 30.7 Å². The van der Waals surface area contributed by atoms with E-state index in [1.807, 2.05) is 12.3 Å². The van der Waals surface area contributed by atoms with Gasteiger partial charge in [0.1, 0.15) is 0 Å². The summed E-state index contributed by atoms with van der Waals surface area (Å²) in [6.45, 7) is 0. The highest BCUT2D eigenvalue weighted by atomic mass is 14.7. The summed E-state index contributed by atoms with van der Waals surface area (Å²) < 4.78 is 7.18. The normalized spacial score (nSPS) is 11.8. The third-order valence-corrected chi connectivity index (χ3v) is 1.30. The van der Waals surface area contributed by atoms with Crippen LogP contribution < -0.4 is 0 Å². The van der Waals surface area contributed by atoms with Crippen molar-refractivity contribution in [2.45, 2.75) is 0 Å². The Morgan fingerprint density at radius 3 is 3.56 bits per heavy atom. The Hall–Kier alpha value is -1.31. The van der Waals surface area contributed by atoms with E-state index in [0.717, 1.165) is 10.9 Å². The van der Waals surface area contributed by atoms with E-state index >= 15 is 0 Å². The van der Waals surface area contributed by atoms with Gasteiger partial charge in [0.25, 0.3) is 0 Å². The number of nitrogens with zero attached hydrogens (tertiary/aromatic N) is 1. The van der Waals surface area contributed by atoms with Crippen LogP contribution in [0.25, 0.3) is 10.9 Å². The molecule has 0 aliphatic heterocycles. The second kappa shape index (κ2) is 1.58. The second-order valence-corrected chi connectivity index (χ2v) is 1.88. The molecule has 0 atom stereocenters. The largest absolute Gasteiger partial charge is 0.361 e. The number of nitrogens with one attached hydrogen (secondary N) is 1. The Labute approximate surface area is 53.9 Å². The van der Waals surface area contributed by atoms with Crippen LogP contribution in [-0.4, -0.2) is 9.97 Å². The smallest absolute Gasteiger partial charge is 0.0841 e. The summed E-state index contributed by atoms with van der Waals surface area (Å²) in [5.74, 6) is 0. The number of fused-ring (bicyclic) bond motifs is 1. The first-order valence-electron chi connectivity index (χ1n) is 3.26. The van der Waals surface area contributed by atoms with Crippen LogP contribution in [0.4, 0.5) is 0 Å². The van der Waals surface area contributed by atoms with Gasteiger partial charge < -0.3 is 4.98 Å². The van der Waals surface area contributed by atoms with Gasteiger partial charge >= 0.3 is 0 Å². The van der Waals surface area contributed by atoms with Gasteiger partial charge in [0.2, 0.25) is 0 Å². The molecule has 2 aromatic heterocycles. The van der Waals surface area contributed by atoms with Crippen molar-refractivity contribution in [2.24, 2.45) is 0 Å². The zero-order chi connectivity index (χ0) is 6.97. The molecule has 0 aliphatic rings. The van der Waals surface area contributed by atoms with Gasteiger partial charge in [0.05, 0.1) is 1.37 Å². The summed E-state index contributed by atoms with van der Waals surface area (Å²) >= 11 is 0. The molecule has 1 N–H and O–H groups in total. The van der Waals surface area contributed by atoms with Gasteiger partial charge in [-0.25, -0.2) is 0 Å². The fourth-order valence-electron chi connectivity index (χ4n) is 0.841. The molecule has 0 aliphatic carbocycles. The summed E-state index contributed by atoms with van der Waals surface area (Å²) in [7, 11) is 0. The number of rotatable bonds is 0. The number of hydrogen-bond donors (Lipinski definition) is 1. The summed E-state index contributed by atoms with van der Waals surface area (Å²) in [6, 6.07) is 3.64. The molecule has 2 heterocycles. The minimum Gasteiger partial charge on any atom is -0.361 e. The third-order valence-electron chi connectivity index (χ3n) is 1.30. The average Bonchev–Trinajstić information content (AvgIpc) is 2.33. The van der Waals surface area contributed by atoms with Crippen LogP contribution in [0.3, 0.4) is 0 Å². The number of aromatic amines is 1. The first-order chi connectivity index (χ1) is 4.86. The average molecular weight is 119 g/mol. The minimum atomic E-state index is 0.301. The Morgan fingerprint density at radius 2 is 2.56 bits per heavy atom. The Morgan fingerprint density at radius 1 is 1.56 bits per heavy atom. The van der Waals surface area contributed by atoms with Crippen LogP contribution in [0.1, 0.15) is 1.37 Å². The molecule has 2 heteroatoms. The number of H-pyrrole nitrogens is 1. The van der Waals surface area contributed by atoms with E-state index < -0.39 is 0 Å². The topological polar surface area (TPSA) is 28.7 Å². The molecule has 0 saturated carbocycles. The fraction of sp³-hybridized carbons (Fsp3) is 0. The molecule has 0 amide bonds. The van der Waals surface area contributed by atoms with E-state index in [4.69, 9.17) is 1.37 Å². The first-order valence-corrected chi connectivity index (χ1v) is 2.76. The molecule has 0 unspecified atom stereocenters. The molecule has 0 saturated heterocycles. The van der Waals surface area contributed by atoms with E-state index in [2.05, 4.69) is 9.97 Å². The lowest BCUT2D eigenvalue weighted by Crippen LogP contribution is -1.67. The lowest BCUT2D eigenvalue weighted by Gasteiger charge is -1.82. The van der Waals surface area contributed by atoms with Gasteiger partial charge in [0, 0.05) is 29.5 Å². The van der Waals surface area contributed by atoms with Crippen molar-refractivity contribution in [3.63, 3.8) is 0 Å². The first kappa shape index (κ1) is 3.67. The highest BCUT2D eigenvalue weighted by molar-refractivity contribution is 5.77. The quantitative estimate of drug-likeness (QED) is 0.560. The predicted molar refractivity (Wildman–Crippen MR) is 36.1 cm³/mol. The highest BCUT2D eigenvalue weighted by Gasteiger charge is 1.87. The van der Waals surface area contributed by atoms with Crippen molar-refractivity contribution in [3.8, 4) is 0 Å². The number of pyridine rings is 1. The van der Waals surface area contributed by atoms with Crippen LogP contribution in [-0.2, 0) is 0 Å². The standard InChI is InChI=1S/C7H6N2/c1-4-9-7-2-3-8-5-6(1)7/h1-5,9H/i3D. The fourth-order valence-corrected chi connectivity index (χ4v) is 0.841. The molecule has 2 nitrogen and oxygen atoms in total. The van der Waals surface area contributed by atoms with Crippen LogP contribution in [0.2, 0.25) is 0 Å². The molecule has 2 rings (SSSR count). The third kappa shape index (κ3) is 0.598. The zero-order valence-corrected chi connectivity index (χ0v) is 4.76. The minimum absolute atomic E-state index is 0.301. The lowest BCUT2D eigenvalue weighted by atomic mass is 10.3. The molecule has 9 heavy (non-hydrogen) atoms. The van der Waals surface area contributed by atoms with E-state index in [9.17, 15) is 0 Å². The van der Waals surface area contributed by atoms with Gasteiger partial charge in [-0.2, -0.15) is 0 Å². The van der Waals surface area contributed by atoms with E-state index in [1.165, 1.54) is 0 Å². The maximum Gasteiger partial charge on any atom is 0.0841 e. The summed E-state index contributed by atoms with van der Waals surface area (Å²) in [5, 5.41) is 1.05. The van der Waals surface area contributed by atoms with Crippen LogP contribution in [0, 0.1) is 0 Å². The molecule has 0 radical (unpaired) electrons. The van der Waals surface area contributed by atoms with Crippen molar-refractivity contribution < 1.29 is 1.37 Å². The molecule has 0 fully saturated rings. The molecular weight excluding hydrogens is 112 g/mol. The van der Waals surface area contributed by atoms with Crippen molar-refractivity contribution in [1.29, 1.82) is 0 Å². The number of hydrogen-bond acceptors (Lipinski definition) is 1. The van der Waals surface area contributed by atoms with Gasteiger partial charge in [-0.15, -0.1) is 0 Å². The van der Waals surface area contributed by atoms with Crippen molar-refractivity contribution in [2.75, 3.05) is 0 Å². The molecule has 0 bridgehead atoms. The molecular formula is C7H6N2. The Balaban J connectivity index is 2.86. The SMILES string of the molecule is [2H]c1cc2[nH]ccc2cn1. The molecule has 0 spiro atoms. The highest BCUT2D eigenvalue weighted by Crippen LogP contribution is 2.07. The van der Waals surface area contributed by atoms with Crippen molar-refractivity contribution in [1.82, 2.24) is 9.97 Å². The van der Waals surface area contributed by atoms with Gasteiger partial charge in [-0.05, 0) is 12.1 Å². The molecule has 44 valence electrons. The maximum atomic E-state index is 7.18. The van der Waals surface area contributed by atoms with Gasteiger partial charge in [0.15, 0.2) is 0 Å². The lowest BCUT2D eigenvalue weighted by molar-refractivity contribution is 1.36. The van der Waals surface area contributed by atoms with E-state index in [0.29, 0.717) is 6.17 Å². The van der Waals surface area contributed by atoms with E-state index in [1.54, 1.807) is 12.3 Å². The Bertz CT molecular complexity index is 353. The van der Waals surface area contributed by atoms with Crippen LogP contribution >= 0.6 is 0 Å². The monoisotopic (exact) mass is 119 g/mol. The predicted octanol–water partition coefficient (Wildman–Crippen LogP) is 1.56. The second-order valence-electron chi connectivity index (χ2n) is 1.88. The maximum absolute atomic E-state index is 7.18. The number of aromatic nitrogens is 2. The van der Waals surface area contributed by atoms with Gasteiger partial charge in [-0.3, -0.25) is 4.98 Å².